The molecule has 2 heterocycles. The lowest BCUT2D eigenvalue weighted by atomic mass is 9.82. The Balaban J connectivity index is 1.55. The van der Waals surface area contributed by atoms with Crippen LogP contribution in [0, 0.1) is 5.92 Å². The number of carboxylic acids is 1. The fraction of sp³-hybridized carbons (Fsp3) is 0.750. The minimum Gasteiger partial charge on any atom is -0.481 e. The molecule has 2 aliphatic rings. The molecule has 3 rings (SSSR count). The van der Waals surface area contributed by atoms with Crippen molar-refractivity contribution in [1.29, 1.82) is 0 Å². The fourth-order valence-corrected chi connectivity index (χ4v) is 4.24. The van der Waals surface area contributed by atoms with Crippen molar-refractivity contribution in [3.8, 4) is 0 Å². The first-order valence-electron chi connectivity index (χ1n) is 8.35. The smallest absolute Gasteiger partial charge is 0.304 e. The molecule has 6 nitrogen and oxygen atoms in total. The van der Waals surface area contributed by atoms with Crippen molar-refractivity contribution in [3.05, 3.63) is 16.1 Å². The molecule has 2 N–H and O–H groups in total. The van der Waals surface area contributed by atoms with E-state index in [-0.39, 0.29) is 18.8 Å². The summed E-state index contributed by atoms with van der Waals surface area (Å²) < 4.78 is 10.9. The minimum absolute atomic E-state index is 0.0392. The summed E-state index contributed by atoms with van der Waals surface area (Å²) in [6, 6.07) is 0.0392. The van der Waals surface area contributed by atoms with E-state index in [1.165, 1.54) is 19.3 Å². The number of aliphatic carboxylic acids is 1. The van der Waals surface area contributed by atoms with Gasteiger partial charge in [0.25, 0.3) is 0 Å². The van der Waals surface area contributed by atoms with Crippen LogP contribution < -0.4 is 5.32 Å². The molecule has 128 valence electrons. The molecule has 0 unspecified atom stereocenters. The lowest BCUT2D eigenvalue weighted by molar-refractivity contribution is -0.138. The second-order valence-corrected chi connectivity index (χ2v) is 7.37. The molecule has 1 saturated heterocycles. The average molecular weight is 340 g/mol. The zero-order chi connectivity index (χ0) is 16.1. The molecule has 1 aromatic rings. The lowest BCUT2D eigenvalue weighted by Gasteiger charge is -2.30. The number of nitrogens with one attached hydrogen (secondary N) is 1. The summed E-state index contributed by atoms with van der Waals surface area (Å²) in [5.74, 6) is -0.264. The number of ether oxygens (including phenoxy) is 2. The van der Waals surface area contributed by atoms with Gasteiger partial charge in [-0.2, -0.15) is 0 Å². The zero-order valence-corrected chi connectivity index (χ0v) is 14.0. The molecule has 1 aromatic heterocycles. The number of hydrogen-bond acceptors (Lipinski definition) is 6. The highest BCUT2D eigenvalue weighted by Crippen LogP contribution is 2.29. The van der Waals surface area contributed by atoms with E-state index in [9.17, 15) is 9.90 Å². The maximum absolute atomic E-state index is 11.2. The van der Waals surface area contributed by atoms with Crippen LogP contribution in [0.1, 0.15) is 54.7 Å². The molecule has 0 aromatic carbocycles. The van der Waals surface area contributed by atoms with Crippen molar-refractivity contribution in [2.75, 3.05) is 13.2 Å². The topological polar surface area (TPSA) is 80.7 Å². The number of thiazole rings is 1. The van der Waals surface area contributed by atoms with Gasteiger partial charge in [0, 0.05) is 23.7 Å². The van der Waals surface area contributed by atoms with E-state index in [1.807, 2.05) is 6.20 Å². The quantitative estimate of drug-likeness (QED) is 0.794. The summed E-state index contributed by atoms with van der Waals surface area (Å²) in [6.45, 7) is 1.87. The van der Waals surface area contributed by atoms with E-state index in [0.717, 1.165) is 22.7 Å². The van der Waals surface area contributed by atoms with Gasteiger partial charge in [-0.15, -0.1) is 11.3 Å². The Morgan fingerprint density at radius 1 is 1.35 bits per heavy atom. The fourth-order valence-electron chi connectivity index (χ4n) is 3.38. The second kappa shape index (κ2) is 8.19. The molecule has 1 saturated carbocycles. The number of carboxylic acid groups (broad SMARTS) is 1. The minimum atomic E-state index is -0.731. The number of aromatic nitrogens is 1. The van der Waals surface area contributed by atoms with E-state index in [4.69, 9.17) is 9.47 Å². The SMILES string of the molecule is O=C(O)C[C@@H](NCc1cnc(C2OCCO2)s1)C1CCCCC1. The highest BCUT2D eigenvalue weighted by molar-refractivity contribution is 7.11. The molecule has 7 heteroatoms. The number of hydrogen-bond donors (Lipinski definition) is 2. The molecule has 0 amide bonds. The normalized spacial score (nSPS) is 21.6. The van der Waals surface area contributed by atoms with Crippen LogP contribution in [0.5, 0.6) is 0 Å². The number of rotatable bonds is 7. The van der Waals surface area contributed by atoms with Gasteiger partial charge in [0.15, 0.2) is 0 Å². The van der Waals surface area contributed by atoms with Gasteiger partial charge in [-0.05, 0) is 18.8 Å². The molecule has 1 atom stereocenters. The molecule has 1 aliphatic carbocycles. The third kappa shape index (κ3) is 4.73. The Labute approximate surface area is 140 Å². The average Bonchev–Trinajstić information content (AvgIpc) is 3.23. The van der Waals surface area contributed by atoms with Crippen molar-refractivity contribution in [1.82, 2.24) is 10.3 Å². The Hall–Kier alpha value is -1.02. The van der Waals surface area contributed by atoms with Gasteiger partial charge < -0.3 is 19.9 Å². The van der Waals surface area contributed by atoms with Crippen LogP contribution in [0.25, 0.3) is 0 Å². The third-order valence-electron chi connectivity index (χ3n) is 4.55. The highest BCUT2D eigenvalue weighted by Gasteiger charge is 2.26. The lowest BCUT2D eigenvalue weighted by Crippen LogP contribution is -2.38. The first kappa shape index (κ1) is 16.8. The van der Waals surface area contributed by atoms with E-state index in [2.05, 4.69) is 10.3 Å². The summed E-state index contributed by atoms with van der Waals surface area (Å²) in [6.07, 6.45) is 7.64. The van der Waals surface area contributed by atoms with E-state index in [1.54, 1.807) is 11.3 Å². The molecular weight excluding hydrogens is 316 g/mol. The van der Waals surface area contributed by atoms with Crippen molar-refractivity contribution in [3.63, 3.8) is 0 Å². The van der Waals surface area contributed by atoms with Gasteiger partial charge in [-0.1, -0.05) is 19.3 Å². The molecule has 23 heavy (non-hydrogen) atoms. The van der Waals surface area contributed by atoms with Crippen LogP contribution in [-0.4, -0.2) is 35.3 Å². The van der Waals surface area contributed by atoms with Crippen molar-refractivity contribution < 1.29 is 19.4 Å². The monoisotopic (exact) mass is 340 g/mol. The van der Waals surface area contributed by atoms with Crippen LogP contribution in [0.2, 0.25) is 0 Å². The Kier molecular flexibility index (Phi) is 5.99. The highest BCUT2D eigenvalue weighted by atomic mass is 32.1. The van der Waals surface area contributed by atoms with Crippen LogP contribution >= 0.6 is 11.3 Å². The molecule has 2 fully saturated rings. The van der Waals surface area contributed by atoms with Gasteiger partial charge in [0.2, 0.25) is 6.29 Å². The maximum Gasteiger partial charge on any atom is 0.304 e. The summed E-state index contributed by atoms with van der Waals surface area (Å²) >= 11 is 1.57. The molecule has 0 spiro atoms. The van der Waals surface area contributed by atoms with Gasteiger partial charge >= 0.3 is 5.97 Å². The Morgan fingerprint density at radius 2 is 2.09 bits per heavy atom. The van der Waals surface area contributed by atoms with Gasteiger partial charge in [-0.25, -0.2) is 4.98 Å². The summed E-state index contributed by atoms with van der Waals surface area (Å²) in [4.78, 5) is 16.6. The molecule has 0 bridgehead atoms. The van der Waals surface area contributed by atoms with Crippen molar-refractivity contribution in [2.24, 2.45) is 5.92 Å². The predicted molar refractivity (Wildman–Crippen MR) is 86.2 cm³/mol. The Morgan fingerprint density at radius 3 is 2.78 bits per heavy atom. The van der Waals surface area contributed by atoms with Gasteiger partial charge in [0.05, 0.1) is 19.6 Å². The van der Waals surface area contributed by atoms with Crippen LogP contribution in [-0.2, 0) is 20.8 Å². The summed E-state index contributed by atoms with van der Waals surface area (Å²) in [5, 5.41) is 13.5. The number of carbonyl (C=O) groups is 1. The standard InChI is InChI=1S/C16H24N2O4S/c19-14(20)8-13(11-4-2-1-3-5-11)17-9-12-10-18-15(23-12)16-21-6-7-22-16/h10-11,13,16-17H,1-9H2,(H,19,20)/t13-/m1/s1. The first-order valence-corrected chi connectivity index (χ1v) is 9.17. The summed E-state index contributed by atoms with van der Waals surface area (Å²) in [5.41, 5.74) is 0. The third-order valence-corrected chi connectivity index (χ3v) is 5.57. The molecule has 0 radical (unpaired) electrons. The number of nitrogens with zero attached hydrogens (tertiary/aromatic N) is 1. The largest absolute Gasteiger partial charge is 0.481 e. The van der Waals surface area contributed by atoms with E-state index >= 15 is 0 Å². The van der Waals surface area contributed by atoms with Crippen LogP contribution in [0.15, 0.2) is 6.20 Å². The van der Waals surface area contributed by atoms with Crippen LogP contribution in [0.4, 0.5) is 0 Å². The van der Waals surface area contributed by atoms with Crippen LogP contribution in [0.3, 0.4) is 0 Å². The predicted octanol–water partition coefficient (Wildman–Crippen LogP) is 2.70. The molecule has 1 aliphatic heterocycles. The molecular formula is C16H24N2O4S. The van der Waals surface area contributed by atoms with Gasteiger partial charge in [0.1, 0.15) is 5.01 Å². The Bertz CT molecular complexity index is 510. The maximum atomic E-state index is 11.2. The van der Waals surface area contributed by atoms with Crippen molar-refractivity contribution >= 4 is 17.3 Å². The summed E-state index contributed by atoms with van der Waals surface area (Å²) in [7, 11) is 0. The van der Waals surface area contributed by atoms with E-state index < -0.39 is 5.97 Å². The van der Waals surface area contributed by atoms with Gasteiger partial charge in [-0.3, -0.25) is 4.79 Å². The second-order valence-electron chi connectivity index (χ2n) is 6.22. The van der Waals surface area contributed by atoms with E-state index in [0.29, 0.717) is 25.7 Å². The first-order chi connectivity index (χ1) is 11.2. The van der Waals surface area contributed by atoms with Crippen molar-refractivity contribution in [2.45, 2.75) is 57.4 Å². The zero-order valence-electron chi connectivity index (χ0n) is 13.2.